The monoisotopic (exact) mass is 258 g/mol. The standard InChI is InChI=1S/C14H27ClN2/c15-14-6-4-13(5-7-14)12-16-8-3-11-17-9-1-2-10-17/h13-14,16H,1-12H2. The molecule has 3 heteroatoms. The zero-order valence-corrected chi connectivity index (χ0v) is 11.7. The third-order valence-electron chi connectivity index (χ3n) is 4.24. The van der Waals surface area contributed by atoms with Crippen LogP contribution in [0.5, 0.6) is 0 Å². The molecule has 17 heavy (non-hydrogen) atoms. The van der Waals surface area contributed by atoms with Crippen LogP contribution in [0.2, 0.25) is 0 Å². The number of alkyl halides is 1. The molecule has 1 saturated carbocycles. The maximum absolute atomic E-state index is 6.11. The molecule has 2 fully saturated rings. The van der Waals surface area contributed by atoms with Gasteiger partial charge in [-0.1, -0.05) is 0 Å². The molecule has 0 bridgehead atoms. The van der Waals surface area contributed by atoms with E-state index in [1.807, 2.05) is 0 Å². The highest BCUT2D eigenvalue weighted by molar-refractivity contribution is 6.20. The number of halogens is 1. The third-order valence-corrected chi connectivity index (χ3v) is 4.67. The van der Waals surface area contributed by atoms with Gasteiger partial charge < -0.3 is 10.2 Å². The summed E-state index contributed by atoms with van der Waals surface area (Å²) >= 11 is 6.11. The summed E-state index contributed by atoms with van der Waals surface area (Å²) in [6, 6.07) is 0. The molecule has 1 heterocycles. The number of nitrogens with one attached hydrogen (secondary N) is 1. The molecule has 1 saturated heterocycles. The summed E-state index contributed by atoms with van der Waals surface area (Å²) < 4.78 is 0. The van der Waals surface area contributed by atoms with Crippen LogP contribution in [0, 0.1) is 5.92 Å². The molecule has 1 aliphatic heterocycles. The van der Waals surface area contributed by atoms with Crippen molar-refractivity contribution in [3.05, 3.63) is 0 Å². The SMILES string of the molecule is ClC1CCC(CNCCCN2CCCC2)CC1. The quantitative estimate of drug-likeness (QED) is 0.582. The smallest absolute Gasteiger partial charge is 0.0336 e. The zero-order chi connectivity index (χ0) is 11.9. The summed E-state index contributed by atoms with van der Waals surface area (Å²) in [5.74, 6) is 0.886. The Morgan fingerprint density at radius 3 is 2.47 bits per heavy atom. The lowest BCUT2D eigenvalue weighted by atomic mass is 9.89. The van der Waals surface area contributed by atoms with Gasteiger partial charge in [0.25, 0.3) is 0 Å². The minimum Gasteiger partial charge on any atom is -0.316 e. The van der Waals surface area contributed by atoms with Crippen molar-refractivity contribution in [3.63, 3.8) is 0 Å². The van der Waals surface area contributed by atoms with Gasteiger partial charge in [-0.2, -0.15) is 0 Å². The summed E-state index contributed by atoms with van der Waals surface area (Å²) in [6.07, 6.45) is 9.24. The molecule has 1 N–H and O–H groups in total. The third kappa shape index (κ3) is 5.15. The summed E-state index contributed by atoms with van der Waals surface area (Å²) in [7, 11) is 0. The van der Waals surface area contributed by atoms with Crippen LogP contribution in [0.25, 0.3) is 0 Å². The van der Waals surface area contributed by atoms with Crippen molar-refractivity contribution in [3.8, 4) is 0 Å². The summed E-state index contributed by atoms with van der Waals surface area (Å²) in [5, 5.41) is 4.08. The molecule has 0 unspecified atom stereocenters. The maximum atomic E-state index is 6.11. The number of rotatable bonds is 6. The zero-order valence-electron chi connectivity index (χ0n) is 11.0. The molecule has 1 aliphatic carbocycles. The van der Waals surface area contributed by atoms with E-state index in [1.165, 1.54) is 77.7 Å². The highest BCUT2D eigenvalue weighted by Gasteiger charge is 2.18. The van der Waals surface area contributed by atoms with Gasteiger partial charge in [0.05, 0.1) is 0 Å². The second kappa shape index (κ2) is 7.60. The molecule has 100 valence electrons. The predicted molar refractivity (Wildman–Crippen MR) is 74.8 cm³/mol. The summed E-state index contributed by atoms with van der Waals surface area (Å²) in [5.41, 5.74) is 0. The first-order valence-electron chi connectivity index (χ1n) is 7.42. The first-order chi connectivity index (χ1) is 8.34. The lowest BCUT2D eigenvalue weighted by Gasteiger charge is -2.25. The first kappa shape index (κ1) is 13.6. The Balaban J connectivity index is 1.43. The molecule has 0 aromatic heterocycles. The van der Waals surface area contributed by atoms with Crippen LogP contribution < -0.4 is 5.32 Å². The van der Waals surface area contributed by atoms with Crippen molar-refractivity contribution < 1.29 is 0 Å². The van der Waals surface area contributed by atoms with E-state index < -0.39 is 0 Å². The normalized spacial score (nSPS) is 30.9. The van der Waals surface area contributed by atoms with Gasteiger partial charge in [-0.05, 0) is 83.6 Å². The largest absolute Gasteiger partial charge is 0.316 e. The molecule has 2 aliphatic rings. The van der Waals surface area contributed by atoms with E-state index in [4.69, 9.17) is 11.6 Å². The van der Waals surface area contributed by atoms with E-state index in [1.54, 1.807) is 0 Å². The Morgan fingerprint density at radius 1 is 1.06 bits per heavy atom. The molecule has 0 amide bonds. The van der Waals surface area contributed by atoms with Crippen molar-refractivity contribution in [1.29, 1.82) is 0 Å². The number of nitrogens with zero attached hydrogens (tertiary/aromatic N) is 1. The number of likely N-dealkylation sites (tertiary alicyclic amines) is 1. The van der Waals surface area contributed by atoms with E-state index in [0.29, 0.717) is 5.38 Å². The second-order valence-electron chi connectivity index (χ2n) is 5.72. The average Bonchev–Trinajstić information content (AvgIpc) is 2.84. The van der Waals surface area contributed by atoms with Gasteiger partial charge in [-0.15, -0.1) is 11.6 Å². The predicted octanol–water partition coefficient (Wildman–Crippen LogP) is 2.86. The van der Waals surface area contributed by atoms with Crippen molar-refractivity contribution in [2.75, 3.05) is 32.7 Å². The van der Waals surface area contributed by atoms with Crippen molar-refractivity contribution >= 4 is 11.6 Å². The minimum absolute atomic E-state index is 0.460. The van der Waals surface area contributed by atoms with Gasteiger partial charge in [0, 0.05) is 5.38 Å². The molecule has 0 aromatic carbocycles. The van der Waals surface area contributed by atoms with E-state index in [9.17, 15) is 0 Å². The molecule has 2 nitrogen and oxygen atoms in total. The summed E-state index contributed by atoms with van der Waals surface area (Å²) in [4.78, 5) is 2.60. The van der Waals surface area contributed by atoms with Crippen LogP contribution in [0.4, 0.5) is 0 Å². The van der Waals surface area contributed by atoms with Gasteiger partial charge >= 0.3 is 0 Å². The Morgan fingerprint density at radius 2 is 1.76 bits per heavy atom. The fourth-order valence-corrected chi connectivity index (χ4v) is 3.32. The fourth-order valence-electron chi connectivity index (χ4n) is 3.07. The Kier molecular flexibility index (Phi) is 6.10. The molecule has 0 radical (unpaired) electrons. The van der Waals surface area contributed by atoms with E-state index in [2.05, 4.69) is 10.2 Å². The van der Waals surface area contributed by atoms with Crippen LogP contribution in [0.15, 0.2) is 0 Å². The van der Waals surface area contributed by atoms with Crippen LogP contribution in [-0.4, -0.2) is 43.0 Å². The van der Waals surface area contributed by atoms with Gasteiger partial charge in [-0.3, -0.25) is 0 Å². The topological polar surface area (TPSA) is 15.3 Å². The van der Waals surface area contributed by atoms with Crippen LogP contribution in [-0.2, 0) is 0 Å². The Labute approximate surface area is 111 Å². The van der Waals surface area contributed by atoms with Crippen molar-refractivity contribution in [1.82, 2.24) is 10.2 Å². The van der Waals surface area contributed by atoms with Gasteiger partial charge in [0.1, 0.15) is 0 Å². The highest BCUT2D eigenvalue weighted by atomic mass is 35.5. The molecule has 2 rings (SSSR count). The average molecular weight is 259 g/mol. The van der Waals surface area contributed by atoms with Gasteiger partial charge in [-0.25, -0.2) is 0 Å². The van der Waals surface area contributed by atoms with Crippen LogP contribution in [0.1, 0.15) is 44.9 Å². The maximum Gasteiger partial charge on any atom is 0.0336 e. The number of hydrogen-bond acceptors (Lipinski definition) is 2. The Bertz CT molecular complexity index is 196. The first-order valence-corrected chi connectivity index (χ1v) is 7.85. The van der Waals surface area contributed by atoms with Gasteiger partial charge in [0.15, 0.2) is 0 Å². The molecule has 0 aromatic rings. The van der Waals surface area contributed by atoms with Gasteiger partial charge in [0.2, 0.25) is 0 Å². The van der Waals surface area contributed by atoms with Crippen molar-refractivity contribution in [2.24, 2.45) is 5.92 Å². The lowest BCUT2D eigenvalue weighted by Crippen LogP contribution is -2.29. The molecular weight excluding hydrogens is 232 g/mol. The minimum atomic E-state index is 0.460. The van der Waals surface area contributed by atoms with Crippen LogP contribution >= 0.6 is 11.6 Å². The lowest BCUT2D eigenvalue weighted by molar-refractivity contribution is 0.318. The van der Waals surface area contributed by atoms with E-state index in [0.717, 1.165) is 5.92 Å². The Hall–Kier alpha value is 0.210. The summed E-state index contributed by atoms with van der Waals surface area (Å²) in [6.45, 7) is 6.36. The van der Waals surface area contributed by atoms with E-state index >= 15 is 0 Å². The van der Waals surface area contributed by atoms with E-state index in [-0.39, 0.29) is 0 Å². The molecule has 0 atom stereocenters. The molecule has 0 spiro atoms. The highest BCUT2D eigenvalue weighted by Crippen LogP contribution is 2.26. The van der Waals surface area contributed by atoms with Crippen molar-refractivity contribution in [2.45, 2.75) is 50.3 Å². The fraction of sp³-hybridized carbons (Fsp3) is 1.00. The molecular formula is C14H27ClN2. The number of hydrogen-bond donors (Lipinski definition) is 1. The van der Waals surface area contributed by atoms with Crippen LogP contribution in [0.3, 0.4) is 0 Å². The second-order valence-corrected chi connectivity index (χ2v) is 6.34.